The van der Waals surface area contributed by atoms with Gasteiger partial charge < -0.3 is 14.5 Å². The van der Waals surface area contributed by atoms with Gasteiger partial charge in [0.1, 0.15) is 5.75 Å². The number of hydrogen-bond acceptors (Lipinski definition) is 3. The number of benzene rings is 1. The molecule has 0 aromatic heterocycles. The highest BCUT2D eigenvalue weighted by Crippen LogP contribution is 2.18. The van der Waals surface area contributed by atoms with Crippen molar-refractivity contribution in [1.29, 1.82) is 0 Å². The minimum atomic E-state index is -0.447. The zero-order valence-electron chi connectivity index (χ0n) is 14.2. The summed E-state index contributed by atoms with van der Waals surface area (Å²) in [5, 5.41) is 0. The van der Waals surface area contributed by atoms with Crippen molar-refractivity contribution < 1.29 is 9.53 Å². The fraction of sp³-hybridized carbons (Fsp3) is 0.611. The number of likely N-dealkylation sites (tertiary alicyclic amines) is 1. The molecule has 22 heavy (non-hydrogen) atoms. The predicted molar refractivity (Wildman–Crippen MR) is 89.2 cm³/mol. The highest BCUT2D eigenvalue weighted by molar-refractivity contribution is 5.81. The zero-order chi connectivity index (χ0) is 16.1. The van der Waals surface area contributed by atoms with Crippen molar-refractivity contribution in [2.45, 2.75) is 45.8 Å². The Kier molecular flexibility index (Phi) is 5.83. The standard InChI is InChI=1S/C18H28N2O2/c1-5-20-12-10-16(11-13-20)19(4)18(21)15(3)22-17-8-6-14(2)7-9-17/h6-9,15-16H,5,10-13H2,1-4H3. The molecule has 0 N–H and O–H groups in total. The summed E-state index contributed by atoms with van der Waals surface area (Å²) >= 11 is 0. The fourth-order valence-corrected chi connectivity index (χ4v) is 2.96. The third kappa shape index (κ3) is 4.23. The minimum absolute atomic E-state index is 0.0653. The Hall–Kier alpha value is -1.55. The van der Waals surface area contributed by atoms with Crippen LogP contribution in [0.2, 0.25) is 0 Å². The molecule has 1 fully saturated rings. The summed E-state index contributed by atoms with van der Waals surface area (Å²) in [6.45, 7) is 9.30. The van der Waals surface area contributed by atoms with E-state index in [1.165, 1.54) is 5.56 Å². The summed E-state index contributed by atoms with van der Waals surface area (Å²) in [5.41, 5.74) is 1.19. The fourth-order valence-electron chi connectivity index (χ4n) is 2.96. The maximum absolute atomic E-state index is 12.6. The molecule has 1 heterocycles. The van der Waals surface area contributed by atoms with Crippen LogP contribution in [-0.2, 0) is 4.79 Å². The smallest absolute Gasteiger partial charge is 0.263 e. The highest BCUT2D eigenvalue weighted by atomic mass is 16.5. The van der Waals surface area contributed by atoms with Crippen LogP contribution >= 0.6 is 0 Å². The Morgan fingerprint density at radius 2 is 1.91 bits per heavy atom. The van der Waals surface area contributed by atoms with Gasteiger partial charge in [0.05, 0.1) is 0 Å². The van der Waals surface area contributed by atoms with Gasteiger partial charge in [-0.15, -0.1) is 0 Å². The molecule has 1 aromatic carbocycles. The predicted octanol–water partition coefficient (Wildman–Crippen LogP) is 2.71. The van der Waals surface area contributed by atoms with Crippen LogP contribution in [0.15, 0.2) is 24.3 Å². The summed E-state index contributed by atoms with van der Waals surface area (Å²) in [4.78, 5) is 16.9. The van der Waals surface area contributed by atoms with Gasteiger partial charge in [-0.05, 0) is 45.4 Å². The van der Waals surface area contributed by atoms with E-state index in [0.717, 1.165) is 38.2 Å². The van der Waals surface area contributed by atoms with Gasteiger partial charge in [-0.25, -0.2) is 0 Å². The van der Waals surface area contributed by atoms with E-state index >= 15 is 0 Å². The average molecular weight is 304 g/mol. The molecular weight excluding hydrogens is 276 g/mol. The monoisotopic (exact) mass is 304 g/mol. The van der Waals surface area contributed by atoms with Crippen LogP contribution in [0, 0.1) is 6.92 Å². The van der Waals surface area contributed by atoms with Crippen molar-refractivity contribution in [3.05, 3.63) is 29.8 Å². The van der Waals surface area contributed by atoms with E-state index in [4.69, 9.17) is 4.74 Å². The maximum Gasteiger partial charge on any atom is 0.263 e. The Balaban J connectivity index is 1.88. The molecule has 0 spiro atoms. The Bertz CT molecular complexity index is 478. The SMILES string of the molecule is CCN1CCC(N(C)C(=O)C(C)Oc2ccc(C)cc2)CC1. The second-order valence-corrected chi connectivity index (χ2v) is 6.19. The third-order valence-corrected chi connectivity index (χ3v) is 4.58. The quantitative estimate of drug-likeness (QED) is 0.838. The van der Waals surface area contributed by atoms with Crippen LogP contribution in [0.1, 0.15) is 32.3 Å². The number of ether oxygens (including phenoxy) is 1. The molecule has 1 atom stereocenters. The third-order valence-electron chi connectivity index (χ3n) is 4.58. The van der Waals surface area contributed by atoms with Crippen LogP contribution in [0.25, 0.3) is 0 Å². The van der Waals surface area contributed by atoms with E-state index in [0.29, 0.717) is 6.04 Å². The Morgan fingerprint density at radius 1 is 1.32 bits per heavy atom. The first-order valence-corrected chi connectivity index (χ1v) is 8.23. The van der Waals surface area contributed by atoms with Gasteiger partial charge in [0.15, 0.2) is 6.10 Å². The molecule has 122 valence electrons. The normalized spacial score (nSPS) is 18.0. The summed E-state index contributed by atoms with van der Waals surface area (Å²) in [6.07, 6.45) is 1.65. The lowest BCUT2D eigenvalue weighted by atomic mass is 10.0. The summed E-state index contributed by atoms with van der Waals surface area (Å²) in [7, 11) is 1.91. The van der Waals surface area contributed by atoms with Crippen LogP contribution in [-0.4, -0.2) is 54.5 Å². The number of carbonyl (C=O) groups excluding carboxylic acids is 1. The summed E-state index contributed by atoms with van der Waals surface area (Å²) in [6, 6.07) is 8.16. The van der Waals surface area contributed by atoms with E-state index in [2.05, 4.69) is 11.8 Å². The van der Waals surface area contributed by atoms with Crippen LogP contribution in [0.5, 0.6) is 5.75 Å². The first kappa shape index (κ1) is 16.8. The molecule has 1 saturated heterocycles. The molecule has 1 aliphatic rings. The van der Waals surface area contributed by atoms with Gasteiger partial charge in [0.2, 0.25) is 0 Å². The van der Waals surface area contributed by atoms with Crippen LogP contribution < -0.4 is 4.74 Å². The lowest BCUT2D eigenvalue weighted by molar-refractivity contribution is -0.139. The summed E-state index contributed by atoms with van der Waals surface area (Å²) in [5.74, 6) is 0.816. The lowest BCUT2D eigenvalue weighted by Gasteiger charge is -2.37. The largest absolute Gasteiger partial charge is 0.481 e. The average Bonchev–Trinajstić information content (AvgIpc) is 2.55. The Labute approximate surface area is 134 Å². The van der Waals surface area contributed by atoms with Crippen molar-refractivity contribution in [2.75, 3.05) is 26.7 Å². The van der Waals surface area contributed by atoms with E-state index in [1.54, 1.807) is 0 Å². The van der Waals surface area contributed by atoms with Gasteiger partial charge >= 0.3 is 0 Å². The van der Waals surface area contributed by atoms with E-state index in [1.807, 2.05) is 50.1 Å². The van der Waals surface area contributed by atoms with Crippen molar-refractivity contribution in [3.8, 4) is 5.75 Å². The van der Waals surface area contributed by atoms with E-state index in [-0.39, 0.29) is 5.91 Å². The van der Waals surface area contributed by atoms with Crippen molar-refractivity contribution >= 4 is 5.91 Å². The zero-order valence-corrected chi connectivity index (χ0v) is 14.2. The van der Waals surface area contributed by atoms with E-state index < -0.39 is 6.10 Å². The van der Waals surface area contributed by atoms with E-state index in [9.17, 15) is 4.79 Å². The number of aryl methyl sites for hydroxylation is 1. The van der Waals surface area contributed by atoms with Gasteiger partial charge in [-0.2, -0.15) is 0 Å². The topological polar surface area (TPSA) is 32.8 Å². The van der Waals surface area contributed by atoms with Gasteiger partial charge in [0, 0.05) is 26.2 Å². The van der Waals surface area contributed by atoms with Gasteiger partial charge in [0.25, 0.3) is 5.91 Å². The molecule has 4 heteroatoms. The number of amides is 1. The summed E-state index contributed by atoms with van der Waals surface area (Å²) < 4.78 is 5.78. The molecule has 1 aliphatic heterocycles. The van der Waals surface area contributed by atoms with Gasteiger partial charge in [-0.1, -0.05) is 24.6 Å². The number of nitrogens with zero attached hydrogens (tertiary/aromatic N) is 2. The van der Waals surface area contributed by atoms with Crippen molar-refractivity contribution in [2.24, 2.45) is 0 Å². The molecule has 1 aromatic rings. The highest BCUT2D eigenvalue weighted by Gasteiger charge is 2.28. The molecular formula is C18H28N2O2. The number of likely N-dealkylation sites (N-methyl/N-ethyl adjacent to an activating group) is 1. The number of carbonyl (C=O) groups is 1. The molecule has 1 amide bonds. The molecule has 0 saturated carbocycles. The first-order valence-electron chi connectivity index (χ1n) is 8.23. The Morgan fingerprint density at radius 3 is 2.45 bits per heavy atom. The molecule has 0 bridgehead atoms. The number of piperidine rings is 1. The van der Waals surface area contributed by atoms with Crippen LogP contribution in [0.4, 0.5) is 0 Å². The molecule has 2 rings (SSSR count). The second kappa shape index (κ2) is 7.63. The molecule has 0 aliphatic carbocycles. The molecule has 0 radical (unpaired) electrons. The van der Waals surface area contributed by atoms with Crippen LogP contribution in [0.3, 0.4) is 0 Å². The lowest BCUT2D eigenvalue weighted by Crippen LogP contribution is -2.48. The van der Waals surface area contributed by atoms with Crippen molar-refractivity contribution in [3.63, 3.8) is 0 Å². The molecule has 4 nitrogen and oxygen atoms in total. The maximum atomic E-state index is 12.6. The van der Waals surface area contributed by atoms with Crippen molar-refractivity contribution in [1.82, 2.24) is 9.80 Å². The first-order chi connectivity index (χ1) is 10.5. The van der Waals surface area contributed by atoms with Gasteiger partial charge in [-0.3, -0.25) is 4.79 Å². The number of rotatable bonds is 5. The minimum Gasteiger partial charge on any atom is -0.481 e. The number of hydrogen-bond donors (Lipinski definition) is 0. The molecule has 1 unspecified atom stereocenters. The second-order valence-electron chi connectivity index (χ2n) is 6.19.